The summed E-state index contributed by atoms with van der Waals surface area (Å²) in [5.41, 5.74) is 8.13. The molecular formula is C30H30N2O. The molecule has 0 fully saturated rings. The van der Waals surface area contributed by atoms with Gasteiger partial charge in [0.1, 0.15) is 0 Å². The average molecular weight is 435 g/mol. The fourth-order valence-electron chi connectivity index (χ4n) is 4.20. The molecule has 0 radical (unpaired) electrons. The quantitative estimate of drug-likeness (QED) is 0.230. The Balaban J connectivity index is 1.77. The van der Waals surface area contributed by atoms with Crippen LogP contribution in [0.2, 0.25) is 0 Å². The third-order valence-electron chi connectivity index (χ3n) is 5.78. The number of H-pyrrole nitrogens is 1. The summed E-state index contributed by atoms with van der Waals surface area (Å²) < 4.78 is 0. The number of allylic oxidation sites excluding steroid dienone is 2. The first kappa shape index (κ1) is 22.5. The molecule has 33 heavy (non-hydrogen) atoms. The second-order valence-corrected chi connectivity index (χ2v) is 8.76. The summed E-state index contributed by atoms with van der Waals surface area (Å²) in [4.78, 5) is 12.1. The van der Waals surface area contributed by atoms with Gasteiger partial charge in [0.25, 0.3) is 0 Å². The molecule has 0 aliphatic rings. The van der Waals surface area contributed by atoms with E-state index in [4.69, 9.17) is 0 Å². The van der Waals surface area contributed by atoms with Crippen molar-refractivity contribution >= 4 is 33.9 Å². The van der Waals surface area contributed by atoms with Crippen LogP contribution in [0.15, 0.2) is 85.1 Å². The summed E-state index contributed by atoms with van der Waals surface area (Å²) in [6, 6.07) is 25.5. The molecule has 0 aliphatic heterocycles. The normalized spacial score (nSPS) is 12.5. The number of hydrogen-bond acceptors (Lipinski definition) is 2. The fraction of sp³-hybridized carbons (Fsp3) is 0.200. The molecule has 1 N–H and O–H groups in total. The molecule has 0 aliphatic carbocycles. The van der Waals surface area contributed by atoms with Gasteiger partial charge in [0, 0.05) is 11.8 Å². The van der Waals surface area contributed by atoms with Crippen molar-refractivity contribution in [2.24, 2.45) is 5.92 Å². The van der Waals surface area contributed by atoms with Crippen LogP contribution in [0.3, 0.4) is 0 Å². The summed E-state index contributed by atoms with van der Waals surface area (Å²) in [6.07, 6.45) is 6.96. The van der Waals surface area contributed by atoms with Crippen LogP contribution in [0, 0.1) is 5.92 Å². The van der Waals surface area contributed by atoms with Crippen LogP contribution in [0.1, 0.15) is 55.9 Å². The first-order chi connectivity index (χ1) is 16.0. The van der Waals surface area contributed by atoms with E-state index in [2.05, 4.69) is 104 Å². The highest BCUT2D eigenvalue weighted by atomic mass is 16.1. The van der Waals surface area contributed by atoms with E-state index < -0.39 is 0 Å². The predicted octanol–water partition coefficient (Wildman–Crippen LogP) is 7.56. The highest BCUT2D eigenvalue weighted by Gasteiger charge is 2.14. The molecule has 0 saturated heterocycles. The van der Waals surface area contributed by atoms with Gasteiger partial charge in [-0.15, -0.1) is 0 Å². The molecule has 1 aromatic heterocycles. The molecule has 0 saturated carbocycles. The number of nitrogens with zero attached hydrogens (tertiary/aromatic N) is 1. The van der Waals surface area contributed by atoms with Crippen LogP contribution in [0.5, 0.6) is 0 Å². The maximum absolute atomic E-state index is 12.1. The van der Waals surface area contributed by atoms with E-state index in [1.165, 1.54) is 22.3 Å². The summed E-state index contributed by atoms with van der Waals surface area (Å²) in [5, 5.41) is 8.32. The van der Waals surface area contributed by atoms with Gasteiger partial charge < -0.3 is 0 Å². The van der Waals surface area contributed by atoms with Crippen molar-refractivity contribution in [1.29, 1.82) is 0 Å². The molecule has 0 unspecified atom stereocenters. The van der Waals surface area contributed by atoms with Crippen molar-refractivity contribution < 1.29 is 4.79 Å². The van der Waals surface area contributed by atoms with Crippen LogP contribution < -0.4 is 0 Å². The molecule has 4 aromatic rings. The van der Waals surface area contributed by atoms with E-state index in [0.717, 1.165) is 28.5 Å². The highest BCUT2D eigenvalue weighted by Crippen LogP contribution is 2.35. The summed E-state index contributed by atoms with van der Waals surface area (Å²) >= 11 is 0. The number of aromatic amines is 1. The minimum atomic E-state index is 0.167. The Hall–Kier alpha value is -3.72. The second kappa shape index (κ2) is 10.3. The first-order valence-electron chi connectivity index (χ1n) is 11.6. The van der Waals surface area contributed by atoms with Crippen molar-refractivity contribution in [3.05, 3.63) is 107 Å². The number of ketones is 1. The van der Waals surface area contributed by atoms with Crippen LogP contribution in [0.4, 0.5) is 0 Å². The number of aromatic nitrogens is 2. The molecule has 166 valence electrons. The Morgan fingerprint density at radius 2 is 1.67 bits per heavy atom. The number of carbonyl (C=O) groups is 1. The zero-order valence-corrected chi connectivity index (χ0v) is 19.5. The molecule has 1 heterocycles. The minimum absolute atomic E-state index is 0.167. The average Bonchev–Trinajstić information content (AvgIpc) is 3.30. The molecule has 3 heteroatoms. The van der Waals surface area contributed by atoms with E-state index in [1.807, 2.05) is 12.3 Å². The number of fused-ring (bicyclic) bond motifs is 1. The highest BCUT2D eigenvalue weighted by molar-refractivity contribution is 6.00. The lowest BCUT2D eigenvalue weighted by Gasteiger charge is -2.17. The number of rotatable bonds is 8. The van der Waals surface area contributed by atoms with Gasteiger partial charge in [-0.2, -0.15) is 5.10 Å². The number of hydrogen-bond donors (Lipinski definition) is 1. The Morgan fingerprint density at radius 1 is 0.939 bits per heavy atom. The Morgan fingerprint density at radius 3 is 2.36 bits per heavy atom. The van der Waals surface area contributed by atoms with Gasteiger partial charge in [-0.1, -0.05) is 87.5 Å². The van der Waals surface area contributed by atoms with Crippen molar-refractivity contribution in [1.82, 2.24) is 10.2 Å². The SMILES string of the molecule is CC/C(=C(/c1ccc(/C=C/C(=O)CC(C)C)cc1)c1ccc2[nH]ncc2c1)c1ccccc1. The topological polar surface area (TPSA) is 45.8 Å². The largest absolute Gasteiger partial charge is 0.295 e. The Labute approximate surface area is 195 Å². The van der Waals surface area contributed by atoms with Crippen molar-refractivity contribution in [2.75, 3.05) is 0 Å². The minimum Gasteiger partial charge on any atom is -0.295 e. The molecule has 0 spiro atoms. The standard InChI is InChI=1S/C30H30N2O/c1-4-28(23-8-6-5-7-9-23)30(25-15-17-29-26(19-25)20-31-32-29)24-13-10-22(11-14-24)12-16-27(33)18-21(2)3/h5-17,19-21H,4,18H2,1-3H3,(H,31,32)/b16-12+,30-28+. The fourth-order valence-corrected chi connectivity index (χ4v) is 4.20. The molecule has 0 amide bonds. The van der Waals surface area contributed by atoms with Gasteiger partial charge >= 0.3 is 0 Å². The van der Waals surface area contributed by atoms with E-state index in [9.17, 15) is 4.79 Å². The molecular weight excluding hydrogens is 404 g/mol. The Bertz CT molecular complexity index is 1290. The third kappa shape index (κ3) is 5.38. The van der Waals surface area contributed by atoms with Gasteiger partial charge in [0.05, 0.1) is 11.7 Å². The lowest BCUT2D eigenvalue weighted by atomic mass is 9.87. The number of carbonyl (C=O) groups excluding carboxylic acids is 1. The summed E-state index contributed by atoms with van der Waals surface area (Å²) in [5.74, 6) is 0.538. The van der Waals surface area contributed by atoms with Gasteiger partial charge in [-0.25, -0.2) is 0 Å². The lowest BCUT2D eigenvalue weighted by Crippen LogP contribution is -1.98. The molecule has 0 atom stereocenters. The summed E-state index contributed by atoms with van der Waals surface area (Å²) in [6.45, 7) is 6.33. The number of benzene rings is 3. The van der Waals surface area contributed by atoms with Crippen molar-refractivity contribution in [3.8, 4) is 0 Å². The van der Waals surface area contributed by atoms with Gasteiger partial charge in [0.2, 0.25) is 0 Å². The van der Waals surface area contributed by atoms with E-state index >= 15 is 0 Å². The van der Waals surface area contributed by atoms with Crippen molar-refractivity contribution in [3.63, 3.8) is 0 Å². The van der Waals surface area contributed by atoms with Gasteiger partial charge in [-0.3, -0.25) is 9.89 Å². The Kier molecular flexibility index (Phi) is 6.99. The first-order valence-corrected chi connectivity index (χ1v) is 11.6. The van der Waals surface area contributed by atoms with Crippen molar-refractivity contribution in [2.45, 2.75) is 33.6 Å². The second-order valence-electron chi connectivity index (χ2n) is 8.76. The van der Waals surface area contributed by atoms with Crippen LogP contribution in [-0.4, -0.2) is 16.0 Å². The van der Waals surface area contributed by atoms with Crippen LogP contribution >= 0.6 is 0 Å². The van der Waals surface area contributed by atoms with Gasteiger partial charge in [0.15, 0.2) is 5.78 Å². The molecule has 4 rings (SSSR count). The maximum Gasteiger partial charge on any atom is 0.155 e. The zero-order chi connectivity index (χ0) is 23.2. The monoisotopic (exact) mass is 434 g/mol. The zero-order valence-electron chi connectivity index (χ0n) is 19.5. The number of nitrogens with one attached hydrogen (secondary N) is 1. The molecule has 3 nitrogen and oxygen atoms in total. The lowest BCUT2D eigenvalue weighted by molar-refractivity contribution is -0.115. The molecule has 3 aromatic carbocycles. The third-order valence-corrected chi connectivity index (χ3v) is 5.78. The predicted molar refractivity (Wildman–Crippen MR) is 139 cm³/mol. The van der Waals surface area contributed by atoms with Gasteiger partial charge in [-0.05, 0) is 63.9 Å². The van der Waals surface area contributed by atoms with E-state index in [-0.39, 0.29) is 5.78 Å². The smallest absolute Gasteiger partial charge is 0.155 e. The van der Waals surface area contributed by atoms with E-state index in [0.29, 0.717) is 12.3 Å². The van der Waals surface area contributed by atoms with Crippen LogP contribution in [0.25, 0.3) is 28.1 Å². The summed E-state index contributed by atoms with van der Waals surface area (Å²) in [7, 11) is 0. The van der Waals surface area contributed by atoms with E-state index in [1.54, 1.807) is 6.08 Å². The maximum atomic E-state index is 12.1. The molecule has 0 bridgehead atoms. The van der Waals surface area contributed by atoms with Crippen LogP contribution in [-0.2, 0) is 4.79 Å².